The van der Waals surface area contributed by atoms with Crippen LogP contribution in [0.15, 0.2) is 16.6 Å². The molecule has 0 radical (unpaired) electrons. The molecule has 0 aliphatic heterocycles. The monoisotopic (exact) mass is 257 g/mol. The van der Waals surface area contributed by atoms with E-state index in [1.54, 1.807) is 26.2 Å². The van der Waals surface area contributed by atoms with Gasteiger partial charge in [-0.3, -0.25) is 4.79 Å². The first kappa shape index (κ1) is 11.0. The standard InChI is InChI=1S/C10H12BrNO2/c1-3-9(13)6-4-7(11)10(14-2)5-8(6)12/h4-5H,3,12H2,1-2H3. The number of ketones is 1. The van der Waals surface area contributed by atoms with Crippen LogP contribution in [0, 0.1) is 0 Å². The van der Waals surface area contributed by atoms with Crippen molar-refractivity contribution in [3.05, 3.63) is 22.2 Å². The zero-order valence-electron chi connectivity index (χ0n) is 8.13. The van der Waals surface area contributed by atoms with E-state index >= 15 is 0 Å². The van der Waals surface area contributed by atoms with Crippen molar-refractivity contribution in [2.75, 3.05) is 12.8 Å². The normalized spacial score (nSPS) is 9.93. The summed E-state index contributed by atoms with van der Waals surface area (Å²) in [7, 11) is 1.56. The Bertz CT molecular complexity index is 363. The number of Topliss-reactive ketones (excluding diaryl/α,β-unsaturated/α-hetero) is 1. The summed E-state index contributed by atoms with van der Waals surface area (Å²) in [5.74, 6) is 0.668. The van der Waals surface area contributed by atoms with Crippen molar-refractivity contribution < 1.29 is 9.53 Å². The summed E-state index contributed by atoms with van der Waals surface area (Å²) in [5.41, 5.74) is 6.72. The van der Waals surface area contributed by atoms with E-state index < -0.39 is 0 Å². The number of methoxy groups -OCH3 is 1. The largest absolute Gasteiger partial charge is 0.495 e. The molecule has 1 aromatic carbocycles. The lowest BCUT2D eigenvalue weighted by molar-refractivity contribution is 0.0989. The third-order valence-corrected chi connectivity index (χ3v) is 2.57. The average Bonchev–Trinajstić information content (AvgIpc) is 2.19. The fourth-order valence-corrected chi connectivity index (χ4v) is 1.66. The lowest BCUT2D eigenvalue weighted by Crippen LogP contribution is -2.03. The Morgan fingerprint density at radius 2 is 2.21 bits per heavy atom. The first-order chi connectivity index (χ1) is 6.60. The van der Waals surface area contributed by atoms with E-state index in [1.807, 2.05) is 0 Å². The molecule has 76 valence electrons. The number of hydrogen-bond acceptors (Lipinski definition) is 3. The topological polar surface area (TPSA) is 52.3 Å². The van der Waals surface area contributed by atoms with Crippen LogP contribution in [-0.2, 0) is 0 Å². The zero-order chi connectivity index (χ0) is 10.7. The van der Waals surface area contributed by atoms with Crippen molar-refractivity contribution in [1.29, 1.82) is 0 Å². The van der Waals surface area contributed by atoms with Gasteiger partial charge in [0.15, 0.2) is 5.78 Å². The highest BCUT2D eigenvalue weighted by Crippen LogP contribution is 2.30. The number of nitrogen functional groups attached to an aromatic ring is 1. The van der Waals surface area contributed by atoms with Gasteiger partial charge in [-0.1, -0.05) is 6.92 Å². The molecular weight excluding hydrogens is 246 g/mol. The molecule has 1 rings (SSSR count). The fraction of sp³-hybridized carbons (Fsp3) is 0.300. The van der Waals surface area contributed by atoms with Crippen LogP contribution in [0.25, 0.3) is 0 Å². The summed E-state index contributed by atoms with van der Waals surface area (Å²) >= 11 is 3.31. The predicted octanol–water partition coefficient (Wildman–Crippen LogP) is 2.63. The summed E-state index contributed by atoms with van der Waals surface area (Å²) < 4.78 is 5.80. The molecule has 0 atom stereocenters. The minimum atomic E-state index is 0.0332. The molecular formula is C10H12BrNO2. The minimum Gasteiger partial charge on any atom is -0.495 e. The van der Waals surface area contributed by atoms with Gasteiger partial charge < -0.3 is 10.5 Å². The number of halogens is 1. The van der Waals surface area contributed by atoms with Gasteiger partial charge in [-0.15, -0.1) is 0 Å². The zero-order valence-corrected chi connectivity index (χ0v) is 9.72. The van der Waals surface area contributed by atoms with Crippen LogP contribution < -0.4 is 10.5 Å². The molecule has 1 aromatic rings. The van der Waals surface area contributed by atoms with E-state index in [1.165, 1.54) is 0 Å². The van der Waals surface area contributed by atoms with E-state index in [2.05, 4.69) is 15.9 Å². The van der Waals surface area contributed by atoms with Crippen molar-refractivity contribution >= 4 is 27.4 Å². The van der Waals surface area contributed by atoms with Crippen molar-refractivity contribution in [3.63, 3.8) is 0 Å². The average molecular weight is 258 g/mol. The van der Waals surface area contributed by atoms with Crippen molar-refractivity contribution in [1.82, 2.24) is 0 Å². The molecule has 0 fully saturated rings. The Hall–Kier alpha value is -1.03. The fourth-order valence-electron chi connectivity index (χ4n) is 1.16. The molecule has 2 N–H and O–H groups in total. The summed E-state index contributed by atoms with van der Waals surface area (Å²) in [6, 6.07) is 3.34. The molecule has 4 heteroatoms. The maximum Gasteiger partial charge on any atom is 0.164 e. The van der Waals surface area contributed by atoms with E-state index in [0.29, 0.717) is 23.4 Å². The Kier molecular flexibility index (Phi) is 3.52. The van der Waals surface area contributed by atoms with Crippen LogP contribution in [-0.4, -0.2) is 12.9 Å². The lowest BCUT2D eigenvalue weighted by atomic mass is 10.1. The van der Waals surface area contributed by atoms with Crippen LogP contribution in [0.1, 0.15) is 23.7 Å². The van der Waals surface area contributed by atoms with Crippen molar-refractivity contribution in [3.8, 4) is 5.75 Å². The summed E-state index contributed by atoms with van der Waals surface area (Å²) in [6.45, 7) is 1.81. The highest BCUT2D eigenvalue weighted by atomic mass is 79.9. The summed E-state index contributed by atoms with van der Waals surface area (Å²) in [4.78, 5) is 11.4. The van der Waals surface area contributed by atoms with Gasteiger partial charge in [-0.05, 0) is 22.0 Å². The highest BCUT2D eigenvalue weighted by Gasteiger charge is 2.11. The van der Waals surface area contributed by atoms with Crippen molar-refractivity contribution in [2.45, 2.75) is 13.3 Å². The third kappa shape index (κ3) is 2.07. The summed E-state index contributed by atoms with van der Waals surface area (Å²) in [5, 5.41) is 0. The molecule has 0 spiro atoms. The third-order valence-electron chi connectivity index (χ3n) is 1.95. The molecule has 3 nitrogen and oxygen atoms in total. The number of benzene rings is 1. The molecule has 0 aromatic heterocycles. The molecule has 0 amide bonds. The van der Waals surface area contributed by atoms with Gasteiger partial charge in [0.2, 0.25) is 0 Å². The Morgan fingerprint density at radius 1 is 1.57 bits per heavy atom. The van der Waals surface area contributed by atoms with Crippen LogP contribution in [0.3, 0.4) is 0 Å². The second kappa shape index (κ2) is 4.46. The molecule has 0 saturated carbocycles. The predicted molar refractivity (Wildman–Crippen MR) is 59.7 cm³/mol. The summed E-state index contributed by atoms with van der Waals surface area (Å²) in [6.07, 6.45) is 0.447. The second-order valence-electron chi connectivity index (χ2n) is 2.85. The van der Waals surface area contributed by atoms with E-state index in [-0.39, 0.29) is 5.78 Å². The molecule has 0 bridgehead atoms. The molecule has 0 aliphatic carbocycles. The maximum atomic E-state index is 11.4. The maximum absolute atomic E-state index is 11.4. The number of carbonyl (C=O) groups excluding carboxylic acids is 1. The van der Waals surface area contributed by atoms with Crippen LogP contribution in [0.2, 0.25) is 0 Å². The second-order valence-corrected chi connectivity index (χ2v) is 3.71. The van der Waals surface area contributed by atoms with Crippen LogP contribution >= 0.6 is 15.9 Å². The lowest BCUT2D eigenvalue weighted by Gasteiger charge is -2.08. The Balaban J connectivity index is 3.21. The highest BCUT2D eigenvalue weighted by molar-refractivity contribution is 9.10. The van der Waals surface area contributed by atoms with Gasteiger partial charge in [0.05, 0.1) is 11.6 Å². The van der Waals surface area contributed by atoms with Gasteiger partial charge in [-0.25, -0.2) is 0 Å². The molecule has 0 heterocycles. The van der Waals surface area contributed by atoms with Gasteiger partial charge >= 0.3 is 0 Å². The minimum absolute atomic E-state index is 0.0332. The van der Waals surface area contributed by atoms with E-state index in [0.717, 1.165) is 4.47 Å². The van der Waals surface area contributed by atoms with E-state index in [4.69, 9.17) is 10.5 Å². The van der Waals surface area contributed by atoms with Crippen molar-refractivity contribution in [2.24, 2.45) is 0 Å². The number of rotatable bonds is 3. The molecule has 0 aliphatic rings. The number of carbonyl (C=O) groups is 1. The SMILES string of the molecule is CCC(=O)c1cc(Br)c(OC)cc1N. The number of anilines is 1. The smallest absolute Gasteiger partial charge is 0.164 e. The number of ether oxygens (including phenoxy) is 1. The number of hydrogen-bond donors (Lipinski definition) is 1. The molecule has 14 heavy (non-hydrogen) atoms. The first-order valence-electron chi connectivity index (χ1n) is 4.26. The number of nitrogens with two attached hydrogens (primary N) is 1. The quantitative estimate of drug-likeness (QED) is 0.669. The van der Waals surface area contributed by atoms with E-state index in [9.17, 15) is 4.79 Å². The van der Waals surface area contributed by atoms with Gasteiger partial charge in [0.1, 0.15) is 5.75 Å². The van der Waals surface area contributed by atoms with Gasteiger partial charge in [0, 0.05) is 23.7 Å². The van der Waals surface area contributed by atoms with Gasteiger partial charge in [0.25, 0.3) is 0 Å². The first-order valence-corrected chi connectivity index (χ1v) is 5.05. The Morgan fingerprint density at radius 3 is 2.71 bits per heavy atom. The van der Waals surface area contributed by atoms with Crippen LogP contribution in [0.4, 0.5) is 5.69 Å². The van der Waals surface area contributed by atoms with Gasteiger partial charge in [-0.2, -0.15) is 0 Å². The van der Waals surface area contributed by atoms with Crippen LogP contribution in [0.5, 0.6) is 5.75 Å². The Labute approximate surface area is 91.4 Å². The molecule has 0 unspecified atom stereocenters. The molecule has 0 saturated heterocycles.